The fourth-order valence-electron chi connectivity index (χ4n) is 2.64. The van der Waals surface area contributed by atoms with E-state index in [1.54, 1.807) is 0 Å². The molecule has 0 aromatic heterocycles. The highest BCUT2D eigenvalue weighted by Gasteiger charge is 2.10. The van der Waals surface area contributed by atoms with Crippen LogP contribution < -0.4 is 10.6 Å². The zero-order valence-electron chi connectivity index (χ0n) is 12.7. The quantitative estimate of drug-likeness (QED) is 0.612. The van der Waals surface area contributed by atoms with Crippen LogP contribution in [0.3, 0.4) is 0 Å². The smallest absolute Gasteiger partial charge is 0.171 e. The van der Waals surface area contributed by atoms with E-state index in [0.29, 0.717) is 10.1 Å². The van der Waals surface area contributed by atoms with Gasteiger partial charge in [0, 0.05) is 10.7 Å². The van der Waals surface area contributed by atoms with E-state index in [0.717, 1.165) is 5.69 Å². The van der Waals surface area contributed by atoms with Gasteiger partial charge in [0.1, 0.15) is 0 Å². The molecule has 0 aliphatic carbocycles. The maximum atomic E-state index is 5.99. The van der Waals surface area contributed by atoms with Crippen molar-refractivity contribution in [1.82, 2.24) is 5.32 Å². The van der Waals surface area contributed by atoms with Gasteiger partial charge in [-0.3, -0.25) is 0 Å². The normalized spacial score (nSPS) is 11.9. The molecule has 0 spiro atoms. The van der Waals surface area contributed by atoms with Crippen molar-refractivity contribution < 1.29 is 0 Å². The minimum absolute atomic E-state index is 0.0975. The third-order valence-corrected chi connectivity index (χ3v) is 4.17. The molecule has 3 aromatic carbocycles. The van der Waals surface area contributed by atoms with Crippen molar-refractivity contribution in [2.24, 2.45) is 0 Å². The first-order valence-corrected chi connectivity index (χ1v) is 8.23. The Labute approximate surface area is 146 Å². The van der Waals surface area contributed by atoms with Crippen LogP contribution in [-0.2, 0) is 0 Å². The SMILES string of the molecule is C[C@@H](NC(=S)Nc1cccc(Cl)c1)c1cccc2ccccc12. The lowest BCUT2D eigenvalue weighted by Crippen LogP contribution is -2.31. The lowest BCUT2D eigenvalue weighted by Gasteiger charge is -2.19. The van der Waals surface area contributed by atoms with Crippen molar-refractivity contribution in [2.45, 2.75) is 13.0 Å². The van der Waals surface area contributed by atoms with Crippen LogP contribution in [0.2, 0.25) is 5.02 Å². The monoisotopic (exact) mass is 340 g/mol. The van der Waals surface area contributed by atoms with Crippen LogP contribution >= 0.6 is 23.8 Å². The van der Waals surface area contributed by atoms with Crippen LogP contribution in [0.15, 0.2) is 66.7 Å². The van der Waals surface area contributed by atoms with Gasteiger partial charge in [-0.1, -0.05) is 60.1 Å². The standard InChI is InChI=1S/C19H17ClN2S/c1-13(17-11-4-7-14-6-2-3-10-18(14)17)21-19(23)22-16-9-5-8-15(20)12-16/h2-13H,1H3,(H2,21,22,23)/t13-/m1/s1. The minimum atomic E-state index is 0.0975. The Balaban J connectivity index is 1.75. The average molecular weight is 341 g/mol. The molecule has 116 valence electrons. The third kappa shape index (κ3) is 3.81. The molecule has 3 rings (SSSR count). The Morgan fingerprint density at radius 3 is 2.57 bits per heavy atom. The molecule has 0 aliphatic rings. The number of thiocarbonyl (C=S) groups is 1. The van der Waals surface area contributed by atoms with E-state index in [1.807, 2.05) is 24.3 Å². The Hall–Kier alpha value is -2.10. The molecule has 0 saturated heterocycles. The summed E-state index contributed by atoms with van der Waals surface area (Å²) in [6, 6.07) is 22.3. The summed E-state index contributed by atoms with van der Waals surface area (Å²) < 4.78 is 0. The molecular formula is C19H17ClN2S. The Morgan fingerprint density at radius 1 is 1.00 bits per heavy atom. The van der Waals surface area contributed by atoms with E-state index in [4.69, 9.17) is 23.8 Å². The number of fused-ring (bicyclic) bond motifs is 1. The zero-order chi connectivity index (χ0) is 16.2. The highest BCUT2D eigenvalue weighted by molar-refractivity contribution is 7.80. The summed E-state index contributed by atoms with van der Waals surface area (Å²) in [5, 5.41) is 10.2. The topological polar surface area (TPSA) is 24.1 Å². The summed E-state index contributed by atoms with van der Waals surface area (Å²) >= 11 is 11.4. The predicted molar refractivity (Wildman–Crippen MR) is 103 cm³/mol. The fraction of sp³-hybridized carbons (Fsp3) is 0.105. The van der Waals surface area contributed by atoms with E-state index in [1.165, 1.54) is 16.3 Å². The molecule has 0 unspecified atom stereocenters. The highest BCUT2D eigenvalue weighted by Crippen LogP contribution is 2.24. The number of halogens is 1. The van der Waals surface area contributed by atoms with Crippen molar-refractivity contribution in [3.63, 3.8) is 0 Å². The Morgan fingerprint density at radius 2 is 1.74 bits per heavy atom. The first-order chi connectivity index (χ1) is 11.1. The molecule has 2 N–H and O–H groups in total. The van der Waals surface area contributed by atoms with Gasteiger partial charge in [0.25, 0.3) is 0 Å². The summed E-state index contributed by atoms with van der Waals surface area (Å²) in [5.41, 5.74) is 2.10. The van der Waals surface area contributed by atoms with Crippen LogP contribution in [0.25, 0.3) is 10.8 Å². The molecule has 0 amide bonds. The number of anilines is 1. The lowest BCUT2D eigenvalue weighted by molar-refractivity contribution is 0.729. The predicted octanol–water partition coefficient (Wildman–Crippen LogP) is 5.54. The number of hydrogen-bond donors (Lipinski definition) is 2. The summed E-state index contributed by atoms with van der Waals surface area (Å²) in [4.78, 5) is 0. The van der Waals surface area contributed by atoms with Crippen molar-refractivity contribution in [3.8, 4) is 0 Å². The van der Waals surface area contributed by atoms with Gasteiger partial charge in [-0.05, 0) is 53.7 Å². The molecule has 0 saturated carbocycles. The molecule has 23 heavy (non-hydrogen) atoms. The molecular weight excluding hydrogens is 324 g/mol. The van der Waals surface area contributed by atoms with E-state index in [-0.39, 0.29) is 6.04 Å². The second-order valence-electron chi connectivity index (χ2n) is 5.40. The molecule has 0 heterocycles. The molecule has 0 radical (unpaired) electrons. The first kappa shape index (κ1) is 15.8. The van der Waals surface area contributed by atoms with Crippen LogP contribution in [0, 0.1) is 0 Å². The van der Waals surface area contributed by atoms with Crippen LogP contribution in [-0.4, -0.2) is 5.11 Å². The van der Waals surface area contributed by atoms with E-state index >= 15 is 0 Å². The first-order valence-electron chi connectivity index (χ1n) is 7.44. The number of nitrogens with one attached hydrogen (secondary N) is 2. The second kappa shape index (κ2) is 6.99. The number of rotatable bonds is 3. The lowest BCUT2D eigenvalue weighted by atomic mass is 10.00. The van der Waals surface area contributed by atoms with E-state index in [9.17, 15) is 0 Å². The van der Waals surface area contributed by atoms with Gasteiger partial charge in [0.2, 0.25) is 0 Å². The Bertz CT molecular complexity index is 842. The van der Waals surface area contributed by atoms with E-state index in [2.05, 4.69) is 60.0 Å². The fourth-order valence-corrected chi connectivity index (χ4v) is 3.12. The van der Waals surface area contributed by atoms with Crippen molar-refractivity contribution >= 4 is 45.4 Å². The molecule has 0 fully saturated rings. The molecule has 0 aliphatic heterocycles. The maximum Gasteiger partial charge on any atom is 0.171 e. The van der Waals surface area contributed by atoms with Crippen molar-refractivity contribution in [1.29, 1.82) is 0 Å². The average Bonchev–Trinajstić information content (AvgIpc) is 2.54. The minimum Gasteiger partial charge on any atom is -0.356 e. The summed E-state index contributed by atoms with van der Waals surface area (Å²) in [7, 11) is 0. The van der Waals surface area contributed by atoms with Gasteiger partial charge >= 0.3 is 0 Å². The van der Waals surface area contributed by atoms with Gasteiger partial charge in [-0.25, -0.2) is 0 Å². The van der Waals surface area contributed by atoms with Crippen LogP contribution in [0.4, 0.5) is 5.69 Å². The second-order valence-corrected chi connectivity index (χ2v) is 6.24. The van der Waals surface area contributed by atoms with Crippen molar-refractivity contribution in [2.75, 3.05) is 5.32 Å². The van der Waals surface area contributed by atoms with Gasteiger partial charge in [-0.15, -0.1) is 0 Å². The summed E-state index contributed by atoms with van der Waals surface area (Å²) in [6.45, 7) is 2.10. The highest BCUT2D eigenvalue weighted by atomic mass is 35.5. The number of hydrogen-bond acceptors (Lipinski definition) is 1. The van der Waals surface area contributed by atoms with E-state index < -0.39 is 0 Å². The van der Waals surface area contributed by atoms with Crippen LogP contribution in [0.1, 0.15) is 18.5 Å². The van der Waals surface area contributed by atoms with Crippen molar-refractivity contribution in [3.05, 3.63) is 77.3 Å². The maximum absolute atomic E-state index is 5.99. The van der Waals surface area contributed by atoms with Gasteiger partial charge in [0.05, 0.1) is 6.04 Å². The molecule has 4 heteroatoms. The van der Waals surface area contributed by atoms with Gasteiger partial charge in [-0.2, -0.15) is 0 Å². The van der Waals surface area contributed by atoms with Gasteiger partial charge in [0.15, 0.2) is 5.11 Å². The van der Waals surface area contributed by atoms with Gasteiger partial charge < -0.3 is 10.6 Å². The molecule has 2 nitrogen and oxygen atoms in total. The number of benzene rings is 3. The largest absolute Gasteiger partial charge is 0.356 e. The molecule has 0 bridgehead atoms. The summed E-state index contributed by atoms with van der Waals surface area (Å²) in [6.07, 6.45) is 0. The Kier molecular flexibility index (Phi) is 4.79. The molecule has 1 atom stereocenters. The van der Waals surface area contributed by atoms with Crippen LogP contribution in [0.5, 0.6) is 0 Å². The molecule has 3 aromatic rings. The zero-order valence-corrected chi connectivity index (χ0v) is 14.3. The summed E-state index contributed by atoms with van der Waals surface area (Å²) in [5.74, 6) is 0. The third-order valence-electron chi connectivity index (χ3n) is 3.72.